The van der Waals surface area contributed by atoms with E-state index in [0.29, 0.717) is 11.5 Å². The Bertz CT molecular complexity index is 415. The predicted octanol–water partition coefficient (Wildman–Crippen LogP) is 3.41. The first-order valence-corrected chi connectivity index (χ1v) is 8.14. The first-order valence-electron chi connectivity index (χ1n) is 8.14. The van der Waals surface area contributed by atoms with Gasteiger partial charge in [-0.05, 0) is 57.1 Å². The number of hydrogen-bond donors (Lipinski definition) is 1. The van der Waals surface area contributed by atoms with Crippen LogP contribution in [0.15, 0.2) is 30.3 Å². The fraction of sp³-hybridized carbons (Fsp3) is 0.667. The molecule has 2 fully saturated rings. The van der Waals surface area contributed by atoms with Gasteiger partial charge in [-0.3, -0.25) is 0 Å². The summed E-state index contributed by atoms with van der Waals surface area (Å²) in [4.78, 5) is 0. The zero-order chi connectivity index (χ0) is 13.8. The van der Waals surface area contributed by atoms with E-state index in [2.05, 4.69) is 42.7 Å². The topological polar surface area (TPSA) is 21.3 Å². The highest BCUT2D eigenvalue weighted by Crippen LogP contribution is 2.49. The van der Waals surface area contributed by atoms with Gasteiger partial charge in [0.1, 0.15) is 0 Å². The summed E-state index contributed by atoms with van der Waals surface area (Å²) in [6, 6.07) is 10.9. The largest absolute Gasteiger partial charge is 0.377 e. The van der Waals surface area contributed by atoms with Crippen molar-refractivity contribution < 1.29 is 4.74 Å². The molecule has 3 rings (SSSR count). The van der Waals surface area contributed by atoms with Crippen LogP contribution < -0.4 is 5.32 Å². The zero-order valence-electron chi connectivity index (χ0n) is 12.6. The van der Waals surface area contributed by atoms with E-state index in [1.807, 2.05) is 0 Å². The SMILES string of the molecule is CNCC1(CCCc2ccccc2)CCOC1C1CC1. The average molecular weight is 273 g/mol. The molecule has 0 spiro atoms. The van der Waals surface area contributed by atoms with Gasteiger partial charge in [-0.15, -0.1) is 0 Å². The molecule has 1 heterocycles. The zero-order valence-corrected chi connectivity index (χ0v) is 12.6. The molecular formula is C18H27NO. The van der Waals surface area contributed by atoms with Gasteiger partial charge >= 0.3 is 0 Å². The van der Waals surface area contributed by atoms with E-state index in [4.69, 9.17) is 4.74 Å². The molecule has 0 aromatic heterocycles. The van der Waals surface area contributed by atoms with E-state index < -0.39 is 0 Å². The van der Waals surface area contributed by atoms with Crippen LogP contribution in [0.2, 0.25) is 0 Å². The first kappa shape index (κ1) is 14.1. The summed E-state index contributed by atoms with van der Waals surface area (Å²) in [5.41, 5.74) is 1.86. The van der Waals surface area contributed by atoms with Crippen LogP contribution in [0.4, 0.5) is 0 Å². The molecule has 0 amide bonds. The van der Waals surface area contributed by atoms with E-state index in [9.17, 15) is 0 Å². The molecule has 2 heteroatoms. The maximum absolute atomic E-state index is 6.11. The van der Waals surface area contributed by atoms with Gasteiger partial charge in [0.15, 0.2) is 0 Å². The van der Waals surface area contributed by atoms with Gasteiger partial charge < -0.3 is 10.1 Å². The van der Waals surface area contributed by atoms with Crippen molar-refractivity contribution in [2.45, 2.75) is 44.6 Å². The normalized spacial score (nSPS) is 29.8. The van der Waals surface area contributed by atoms with Crippen LogP contribution in [0, 0.1) is 11.3 Å². The third-order valence-corrected chi connectivity index (χ3v) is 5.06. The lowest BCUT2D eigenvalue weighted by Crippen LogP contribution is -2.41. The molecule has 0 radical (unpaired) electrons. The minimum Gasteiger partial charge on any atom is -0.377 e. The molecule has 1 saturated heterocycles. The van der Waals surface area contributed by atoms with Gasteiger partial charge in [-0.2, -0.15) is 0 Å². The minimum atomic E-state index is 0.394. The number of nitrogens with one attached hydrogen (secondary N) is 1. The second-order valence-corrected chi connectivity index (χ2v) is 6.61. The summed E-state index contributed by atoms with van der Waals surface area (Å²) >= 11 is 0. The van der Waals surface area contributed by atoms with Crippen molar-refractivity contribution in [3.05, 3.63) is 35.9 Å². The van der Waals surface area contributed by atoms with Crippen LogP contribution in [-0.4, -0.2) is 26.3 Å². The van der Waals surface area contributed by atoms with E-state index in [0.717, 1.165) is 19.1 Å². The molecule has 1 N–H and O–H groups in total. The van der Waals surface area contributed by atoms with Crippen LogP contribution in [0.25, 0.3) is 0 Å². The minimum absolute atomic E-state index is 0.394. The van der Waals surface area contributed by atoms with Gasteiger partial charge in [0, 0.05) is 18.6 Å². The molecule has 2 unspecified atom stereocenters. The fourth-order valence-corrected chi connectivity index (χ4v) is 3.93. The van der Waals surface area contributed by atoms with Crippen molar-refractivity contribution in [1.29, 1.82) is 0 Å². The Balaban J connectivity index is 1.59. The third kappa shape index (κ3) is 3.07. The maximum atomic E-state index is 6.11. The van der Waals surface area contributed by atoms with E-state index in [1.54, 1.807) is 0 Å². The Morgan fingerprint density at radius 2 is 2.05 bits per heavy atom. The molecule has 20 heavy (non-hydrogen) atoms. The molecule has 0 bridgehead atoms. The average Bonchev–Trinajstić information content (AvgIpc) is 3.23. The van der Waals surface area contributed by atoms with E-state index in [-0.39, 0.29) is 0 Å². The van der Waals surface area contributed by atoms with E-state index >= 15 is 0 Å². The van der Waals surface area contributed by atoms with Crippen molar-refractivity contribution in [2.75, 3.05) is 20.2 Å². The quantitative estimate of drug-likeness (QED) is 0.822. The summed E-state index contributed by atoms with van der Waals surface area (Å²) in [6.07, 6.45) is 8.30. The second-order valence-electron chi connectivity index (χ2n) is 6.61. The lowest BCUT2D eigenvalue weighted by atomic mass is 9.74. The monoisotopic (exact) mass is 273 g/mol. The summed E-state index contributed by atoms with van der Waals surface area (Å²) in [7, 11) is 2.08. The van der Waals surface area contributed by atoms with Gasteiger partial charge in [-0.1, -0.05) is 30.3 Å². The van der Waals surface area contributed by atoms with Crippen molar-refractivity contribution in [3.63, 3.8) is 0 Å². The van der Waals surface area contributed by atoms with Crippen LogP contribution in [0.3, 0.4) is 0 Å². The molecule has 1 aromatic carbocycles. The Labute approximate surface area is 122 Å². The molecule has 110 valence electrons. The summed E-state index contributed by atoms with van der Waals surface area (Å²) in [6.45, 7) is 2.08. The maximum Gasteiger partial charge on any atom is 0.0672 e. The molecular weight excluding hydrogens is 246 g/mol. The first-order chi connectivity index (χ1) is 9.84. The predicted molar refractivity (Wildman–Crippen MR) is 82.8 cm³/mol. The van der Waals surface area contributed by atoms with Crippen molar-refractivity contribution in [2.24, 2.45) is 11.3 Å². The molecule has 2 atom stereocenters. The summed E-state index contributed by atoms with van der Waals surface area (Å²) in [5, 5.41) is 3.43. The van der Waals surface area contributed by atoms with Crippen molar-refractivity contribution >= 4 is 0 Å². The van der Waals surface area contributed by atoms with Crippen LogP contribution >= 0.6 is 0 Å². The molecule has 1 aromatic rings. The van der Waals surface area contributed by atoms with Gasteiger partial charge in [0.05, 0.1) is 6.10 Å². The molecule has 1 aliphatic carbocycles. The second kappa shape index (κ2) is 6.28. The highest BCUT2D eigenvalue weighted by atomic mass is 16.5. The third-order valence-electron chi connectivity index (χ3n) is 5.06. The van der Waals surface area contributed by atoms with Gasteiger partial charge in [0.2, 0.25) is 0 Å². The van der Waals surface area contributed by atoms with Crippen molar-refractivity contribution in [1.82, 2.24) is 5.32 Å². The highest BCUT2D eigenvalue weighted by Gasteiger charge is 2.49. The number of hydrogen-bond acceptors (Lipinski definition) is 2. The summed E-state index contributed by atoms with van der Waals surface area (Å²) in [5.74, 6) is 0.850. The molecule has 2 aliphatic rings. The number of rotatable bonds is 7. The van der Waals surface area contributed by atoms with Crippen molar-refractivity contribution in [3.8, 4) is 0 Å². The van der Waals surface area contributed by atoms with Crippen LogP contribution in [0.5, 0.6) is 0 Å². The molecule has 1 saturated carbocycles. The van der Waals surface area contributed by atoms with Gasteiger partial charge in [0.25, 0.3) is 0 Å². The van der Waals surface area contributed by atoms with E-state index in [1.165, 1.54) is 44.1 Å². The number of benzene rings is 1. The molecule has 1 aliphatic heterocycles. The van der Waals surface area contributed by atoms with Crippen LogP contribution in [-0.2, 0) is 11.2 Å². The molecule has 2 nitrogen and oxygen atoms in total. The standard InChI is InChI=1S/C18H27NO/c1-19-14-18(12-13-20-17(18)16-9-10-16)11-5-8-15-6-3-2-4-7-15/h2-4,6-7,16-17,19H,5,8-14H2,1H3. The highest BCUT2D eigenvalue weighted by molar-refractivity contribution is 5.14. The Hall–Kier alpha value is -0.860. The lowest BCUT2D eigenvalue weighted by molar-refractivity contribution is 0.0265. The van der Waals surface area contributed by atoms with Gasteiger partial charge in [-0.25, -0.2) is 0 Å². The van der Waals surface area contributed by atoms with Crippen LogP contribution in [0.1, 0.15) is 37.7 Å². The number of ether oxygens (including phenoxy) is 1. The fourth-order valence-electron chi connectivity index (χ4n) is 3.93. The Morgan fingerprint density at radius 3 is 2.75 bits per heavy atom. The Kier molecular flexibility index (Phi) is 4.42. The Morgan fingerprint density at radius 1 is 1.25 bits per heavy atom. The lowest BCUT2D eigenvalue weighted by Gasteiger charge is -2.34. The number of aryl methyl sites for hydroxylation is 1. The smallest absolute Gasteiger partial charge is 0.0672 e. The summed E-state index contributed by atoms with van der Waals surface area (Å²) < 4.78 is 6.11.